The molecule has 1 aromatic carbocycles. The molecule has 0 bridgehead atoms. The van der Waals surface area contributed by atoms with Gasteiger partial charge in [-0.2, -0.15) is 0 Å². The lowest BCUT2D eigenvalue weighted by molar-refractivity contribution is -0.139. The predicted molar refractivity (Wildman–Crippen MR) is 171 cm³/mol. The summed E-state index contributed by atoms with van der Waals surface area (Å²) in [7, 11) is 0. The number of aromatic amines is 1. The molecule has 5 aliphatic rings. The summed E-state index contributed by atoms with van der Waals surface area (Å²) >= 11 is 0. The minimum atomic E-state index is 0.442. The normalized spacial score (nSPS) is 43.3. The van der Waals surface area contributed by atoms with Crippen molar-refractivity contribution < 1.29 is 9.47 Å². The second-order valence-corrected chi connectivity index (χ2v) is 16.3. The Morgan fingerprint density at radius 1 is 0.976 bits per heavy atom. The van der Waals surface area contributed by atoms with E-state index in [0.717, 1.165) is 42.6 Å². The van der Waals surface area contributed by atoms with Crippen LogP contribution in [0.1, 0.15) is 109 Å². The molecule has 1 aromatic heterocycles. The van der Waals surface area contributed by atoms with Crippen molar-refractivity contribution in [2.45, 2.75) is 130 Å². The van der Waals surface area contributed by atoms with Gasteiger partial charge in [0, 0.05) is 11.9 Å². The molecule has 4 aliphatic carbocycles. The standard InChI is InChI=1S/C39H57NO2/c1-25-8-11-28(12-9-25)24-41-31-16-18-38(4)29(22-31)13-14-32-33(38)17-19-39(5)34(32)23-36-37(39)27(3)35(42-36)15-10-26(2)21-30-7-6-20-40-30/h6-9,11-12,20,26-27,29,31-37,40H,10,13-19,21-24H2,1-5H3/t26-,27+,29+,31-,32+,33-,34-,35+,36-,37-,38-,39-/m0/s1. The summed E-state index contributed by atoms with van der Waals surface area (Å²) in [6.07, 6.45) is 18.1. The first-order valence-electron chi connectivity index (χ1n) is 17.7. The van der Waals surface area contributed by atoms with Crippen LogP contribution in [-0.2, 0) is 22.5 Å². The average molecular weight is 572 g/mol. The number of rotatable bonds is 8. The van der Waals surface area contributed by atoms with Gasteiger partial charge in [-0.3, -0.25) is 0 Å². The van der Waals surface area contributed by atoms with Gasteiger partial charge in [-0.05, 0) is 148 Å². The van der Waals surface area contributed by atoms with Crippen molar-refractivity contribution >= 4 is 0 Å². The molecule has 2 aromatic rings. The summed E-state index contributed by atoms with van der Waals surface area (Å²) < 4.78 is 13.6. The van der Waals surface area contributed by atoms with Gasteiger partial charge in [0.25, 0.3) is 0 Å². The molecule has 1 saturated heterocycles. The summed E-state index contributed by atoms with van der Waals surface area (Å²) in [5, 5.41) is 0. The van der Waals surface area contributed by atoms with Crippen LogP contribution in [0.5, 0.6) is 0 Å². The van der Waals surface area contributed by atoms with Gasteiger partial charge in [-0.1, -0.05) is 57.5 Å². The Balaban J connectivity index is 0.960. The van der Waals surface area contributed by atoms with Crippen molar-refractivity contribution in [3.63, 3.8) is 0 Å². The number of nitrogens with one attached hydrogen (secondary N) is 1. The molecule has 0 radical (unpaired) electrons. The number of benzene rings is 1. The van der Waals surface area contributed by atoms with Gasteiger partial charge >= 0.3 is 0 Å². The van der Waals surface area contributed by atoms with Gasteiger partial charge in [-0.15, -0.1) is 0 Å². The van der Waals surface area contributed by atoms with Gasteiger partial charge in [0.1, 0.15) is 0 Å². The number of aryl methyl sites for hydroxylation is 1. The molecule has 1 aliphatic heterocycles. The lowest BCUT2D eigenvalue weighted by Gasteiger charge is -2.61. The topological polar surface area (TPSA) is 34.2 Å². The van der Waals surface area contributed by atoms with Crippen LogP contribution in [0.3, 0.4) is 0 Å². The van der Waals surface area contributed by atoms with Crippen LogP contribution < -0.4 is 0 Å². The van der Waals surface area contributed by atoms with E-state index in [1.807, 2.05) is 0 Å². The van der Waals surface area contributed by atoms with E-state index in [9.17, 15) is 0 Å². The second kappa shape index (κ2) is 11.4. The Labute approximate surface area is 255 Å². The monoisotopic (exact) mass is 571 g/mol. The molecule has 42 heavy (non-hydrogen) atoms. The van der Waals surface area contributed by atoms with Gasteiger partial charge in [0.2, 0.25) is 0 Å². The van der Waals surface area contributed by atoms with Crippen LogP contribution >= 0.6 is 0 Å². The minimum Gasteiger partial charge on any atom is -0.374 e. The van der Waals surface area contributed by atoms with Crippen LogP contribution in [-0.4, -0.2) is 23.3 Å². The number of fused-ring (bicyclic) bond motifs is 7. The van der Waals surface area contributed by atoms with Crippen molar-refractivity contribution in [3.05, 3.63) is 59.4 Å². The third-order valence-corrected chi connectivity index (χ3v) is 14.0. The smallest absolute Gasteiger partial charge is 0.0720 e. The molecule has 5 fully saturated rings. The maximum atomic E-state index is 7.01. The Hall–Kier alpha value is -1.58. The second-order valence-electron chi connectivity index (χ2n) is 16.3. The van der Waals surface area contributed by atoms with Crippen molar-refractivity contribution in [2.24, 2.45) is 52.3 Å². The highest BCUT2D eigenvalue weighted by atomic mass is 16.5. The maximum Gasteiger partial charge on any atom is 0.0720 e. The number of H-pyrrole nitrogens is 1. The summed E-state index contributed by atoms with van der Waals surface area (Å²) in [6.45, 7) is 13.3. The predicted octanol–water partition coefficient (Wildman–Crippen LogP) is 9.54. The Bertz CT molecular complexity index is 1190. The van der Waals surface area contributed by atoms with Crippen LogP contribution in [0.15, 0.2) is 42.6 Å². The van der Waals surface area contributed by atoms with Crippen LogP contribution in [0.2, 0.25) is 0 Å². The number of ether oxygens (including phenoxy) is 2. The first kappa shape index (κ1) is 29.1. The van der Waals surface area contributed by atoms with E-state index in [1.54, 1.807) is 0 Å². The molecule has 7 rings (SSSR count). The SMILES string of the molecule is Cc1ccc(CO[C@H]2CC[C@@]3(C)[C@H](CC[C@@H]4[C@@H]3CC[C@]3(C)[C@H]5[C@H](C)[C@@H](CC[C@H](C)Cc6ccc[nH]6)O[C@H]5C[C@@H]43)C2)cc1. The van der Waals surface area contributed by atoms with Crippen LogP contribution in [0.4, 0.5) is 0 Å². The molecule has 1 N–H and O–H groups in total. The highest BCUT2D eigenvalue weighted by Crippen LogP contribution is 2.70. The van der Waals surface area contributed by atoms with Crippen LogP contribution in [0.25, 0.3) is 0 Å². The first-order chi connectivity index (χ1) is 20.2. The largest absolute Gasteiger partial charge is 0.374 e. The zero-order valence-electron chi connectivity index (χ0n) is 27.1. The molecule has 0 spiro atoms. The van der Waals surface area contributed by atoms with E-state index in [1.165, 1.54) is 81.0 Å². The fraction of sp³-hybridized carbons (Fsp3) is 0.744. The fourth-order valence-electron chi connectivity index (χ4n) is 11.7. The van der Waals surface area contributed by atoms with E-state index in [0.29, 0.717) is 41.0 Å². The first-order valence-corrected chi connectivity index (χ1v) is 17.7. The summed E-state index contributed by atoms with van der Waals surface area (Å²) in [6, 6.07) is 13.3. The van der Waals surface area contributed by atoms with E-state index in [-0.39, 0.29) is 0 Å². The molecular formula is C39H57NO2. The molecule has 0 unspecified atom stereocenters. The zero-order valence-corrected chi connectivity index (χ0v) is 27.1. The third kappa shape index (κ3) is 5.13. The van der Waals surface area contributed by atoms with E-state index >= 15 is 0 Å². The molecule has 0 amide bonds. The van der Waals surface area contributed by atoms with Crippen molar-refractivity contribution in [2.75, 3.05) is 0 Å². The summed E-state index contributed by atoms with van der Waals surface area (Å²) in [5.41, 5.74) is 5.01. The molecule has 3 heteroatoms. The molecule has 3 nitrogen and oxygen atoms in total. The van der Waals surface area contributed by atoms with Gasteiger partial charge in [-0.25, -0.2) is 0 Å². The van der Waals surface area contributed by atoms with E-state index < -0.39 is 0 Å². The van der Waals surface area contributed by atoms with Gasteiger partial charge < -0.3 is 14.5 Å². The third-order valence-electron chi connectivity index (χ3n) is 14.0. The molecule has 4 saturated carbocycles. The van der Waals surface area contributed by atoms with Crippen molar-refractivity contribution in [1.29, 1.82) is 0 Å². The Morgan fingerprint density at radius 3 is 2.57 bits per heavy atom. The number of hydrogen-bond donors (Lipinski definition) is 1. The number of hydrogen-bond acceptors (Lipinski definition) is 2. The quantitative estimate of drug-likeness (QED) is 0.342. The average Bonchev–Trinajstić information content (AvgIpc) is 3.67. The zero-order chi connectivity index (χ0) is 29.1. The number of aromatic nitrogens is 1. The van der Waals surface area contributed by atoms with E-state index in [4.69, 9.17) is 9.47 Å². The highest BCUT2D eigenvalue weighted by Gasteiger charge is 2.65. The van der Waals surface area contributed by atoms with Gasteiger partial charge in [0.15, 0.2) is 0 Å². The maximum absolute atomic E-state index is 7.01. The molecular weight excluding hydrogens is 514 g/mol. The summed E-state index contributed by atoms with van der Waals surface area (Å²) in [4.78, 5) is 3.39. The molecule has 12 atom stereocenters. The lowest BCUT2D eigenvalue weighted by atomic mass is 9.44. The lowest BCUT2D eigenvalue weighted by Crippen LogP contribution is -2.54. The highest BCUT2D eigenvalue weighted by molar-refractivity contribution is 5.20. The Morgan fingerprint density at radius 2 is 1.79 bits per heavy atom. The fourth-order valence-corrected chi connectivity index (χ4v) is 11.7. The van der Waals surface area contributed by atoms with Crippen molar-refractivity contribution in [3.8, 4) is 0 Å². The molecule has 2 heterocycles. The Kier molecular flexibility index (Phi) is 7.92. The van der Waals surface area contributed by atoms with Gasteiger partial charge in [0.05, 0.1) is 24.9 Å². The van der Waals surface area contributed by atoms with Crippen LogP contribution in [0, 0.1) is 59.2 Å². The summed E-state index contributed by atoms with van der Waals surface area (Å²) in [5.74, 6) is 5.71. The molecule has 230 valence electrons. The minimum absolute atomic E-state index is 0.442. The van der Waals surface area contributed by atoms with E-state index in [2.05, 4.69) is 82.2 Å². The van der Waals surface area contributed by atoms with Crippen molar-refractivity contribution in [1.82, 2.24) is 4.98 Å².